The summed E-state index contributed by atoms with van der Waals surface area (Å²) in [5.41, 5.74) is 5.30. The molecule has 0 aromatic heterocycles. The van der Waals surface area contributed by atoms with E-state index in [-0.39, 0.29) is 11.2 Å². The predicted octanol–water partition coefficient (Wildman–Crippen LogP) is 0.707. The number of sulfonamides is 1. The Morgan fingerprint density at radius 2 is 1.88 bits per heavy atom. The highest BCUT2D eigenvalue weighted by atomic mass is 32.2. The Labute approximate surface area is 105 Å². The summed E-state index contributed by atoms with van der Waals surface area (Å²) in [5, 5.41) is 0. The first-order valence-corrected chi connectivity index (χ1v) is 7.67. The molecule has 0 atom stereocenters. The fourth-order valence-electron chi connectivity index (χ4n) is 1.10. The topological polar surface area (TPSA) is 81.4 Å². The van der Waals surface area contributed by atoms with Crippen LogP contribution in [-0.4, -0.2) is 40.5 Å². The Morgan fingerprint density at radius 1 is 1.24 bits per heavy atom. The van der Waals surface area contributed by atoms with Gasteiger partial charge in [0.2, 0.25) is 10.0 Å². The zero-order chi connectivity index (χ0) is 13.4. The average molecular weight is 266 g/mol. The molecule has 5 nitrogen and oxygen atoms in total. The molecule has 0 bridgehead atoms. The molecule has 0 fully saturated rings. The fourth-order valence-corrected chi connectivity index (χ4v) is 2.58. The summed E-state index contributed by atoms with van der Waals surface area (Å²) in [6.45, 7) is 8.08. The number of nitrogens with two attached hydrogens (primary N) is 1. The van der Waals surface area contributed by atoms with E-state index in [9.17, 15) is 8.42 Å². The van der Waals surface area contributed by atoms with E-state index < -0.39 is 10.0 Å². The molecule has 0 saturated heterocycles. The predicted molar refractivity (Wildman–Crippen MR) is 70.4 cm³/mol. The van der Waals surface area contributed by atoms with Gasteiger partial charge < -0.3 is 10.5 Å². The van der Waals surface area contributed by atoms with Gasteiger partial charge in [0.1, 0.15) is 0 Å². The molecule has 0 saturated carbocycles. The molecule has 0 aromatic rings. The van der Waals surface area contributed by atoms with E-state index in [0.29, 0.717) is 39.1 Å². The largest absolute Gasteiger partial charge is 0.380 e. The van der Waals surface area contributed by atoms with Crippen LogP contribution >= 0.6 is 0 Å². The minimum Gasteiger partial charge on any atom is -0.380 e. The summed E-state index contributed by atoms with van der Waals surface area (Å²) >= 11 is 0. The lowest BCUT2D eigenvalue weighted by Gasteiger charge is -2.17. The van der Waals surface area contributed by atoms with Gasteiger partial charge in [-0.05, 0) is 18.3 Å². The van der Waals surface area contributed by atoms with E-state index >= 15 is 0 Å². The van der Waals surface area contributed by atoms with Gasteiger partial charge in [0, 0.05) is 19.7 Å². The van der Waals surface area contributed by atoms with Crippen LogP contribution in [-0.2, 0) is 14.8 Å². The molecule has 0 aliphatic carbocycles. The van der Waals surface area contributed by atoms with Crippen LogP contribution in [0.3, 0.4) is 0 Å². The van der Waals surface area contributed by atoms with Crippen LogP contribution in [0, 0.1) is 5.41 Å². The van der Waals surface area contributed by atoms with Crippen LogP contribution in [0.1, 0.15) is 33.6 Å². The highest BCUT2D eigenvalue weighted by molar-refractivity contribution is 7.89. The Kier molecular flexibility index (Phi) is 7.94. The average Bonchev–Trinajstić information content (AvgIpc) is 2.20. The minimum atomic E-state index is -3.14. The maximum Gasteiger partial charge on any atom is 0.211 e. The third kappa shape index (κ3) is 12.1. The van der Waals surface area contributed by atoms with Crippen molar-refractivity contribution >= 4 is 10.0 Å². The summed E-state index contributed by atoms with van der Waals surface area (Å²) < 4.78 is 30.9. The molecular formula is C11H26N2O3S. The maximum absolute atomic E-state index is 11.6. The van der Waals surface area contributed by atoms with Crippen LogP contribution in [0.2, 0.25) is 0 Å². The lowest BCUT2D eigenvalue weighted by Crippen LogP contribution is -2.29. The molecule has 6 heteroatoms. The van der Waals surface area contributed by atoms with E-state index in [1.165, 1.54) is 0 Å². The quantitative estimate of drug-likeness (QED) is 0.602. The van der Waals surface area contributed by atoms with Crippen molar-refractivity contribution in [2.75, 3.05) is 32.1 Å². The van der Waals surface area contributed by atoms with Crippen molar-refractivity contribution in [3.8, 4) is 0 Å². The van der Waals surface area contributed by atoms with Gasteiger partial charge in [-0.1, -0.05) is 20.8 Å². The fraction of sp³-hybridized carbons (Fsp3) is 1.00. The van der Waals surface area contributed by atoms with Crippen molar-refractivity contribution in [3.63, 3.8) is 0 Å². The monoisotopic (exact) mass is 266 g/mol. The van der Waals surface area contributed by atoms with E-state index in [2.05, 4.69) is 4.72 Å². The van der Waals surface area contributed by atoms with Crippen molar-refractivity contribution < 1.29 is 13.2 Å². The lowest BCUT2D eigenvalue weighted by atomic mass is 9.94. The van der Waals surface area contributed by atoms with Gasteiger partial charge in [0.15, 0.2) is 0 Å². The third-order valence-electron chi connectivity index (χ3n) is 2.17. The molecule has 0 rings (SSSR count). The molecule has 0 spiro atoms. The lowest BCUT2D eigenvalue weighted by molar-refractivity contribution is 0.140. The summed E-state index contributed by atoms with van der Waals surface area (Å²) in [5.74, 6) is 0.181. The first-order valence-electron chi connectivity index (χ1n) is 6.02. The van der Waals surface area contributed by atoms with Crippen molar-refractivity contribution in [2.24, 2.45) is 11.1 Å². The number of nitrogens with one attached hydrogen (secondary N) is 1. The van der Waals surface area contributed by atoms with Gasteiger partial charge in [-0.15, -0.1) is 0 Å². The van der Waals surface area contributed by atoms with Gasteiger partial charge in [-0.25, -0.2) is 13.1 Å². The second kappa shape index (κ2) is 8.02. The summed E-state index contributed by atoms with van der Waals surface area (Å²) in [4.78, 5) is 0. The van der Waals surface area contributed by atoms with Crippen LogP contribution in [0.4, 0.5) is 0 Å². The van der Waals surface area contributed by atoms with Crippen LogP contribution < -0.4 is 10.5 Å². The Balaban J connectivity index is 3.65. The van der Waals surface area contributed by atoms with Crippen molar-refractivity contribution in [1.82, 2.24) is 4.72 Å². The van der Waals surface area contributed by atoms with E-state index in [4.69, 9.17) is 10.5 Å². The van der Waals surface area contributed by atoms with Crippen molar-refractivity contribution in [2.45, 2.75) is 33.6 Å². The van der Waals surface area contributed by atoms with Crippen LogP contribution in [0.5, 0.6) is 0 Å². The molecule has 3 N–H and O–H groups in total. The second-order valence-corrected chi connectivity index (χ2v) is 7.20. The van der Waals surface area contributed by atoms with Gasteiger partial charge in [0.25, 0.3) is 0 Å². The molecule has 0 aliphatic heterocycles. The minimum absolute atomic E-state index is 0.0407. The van der Waals surface area contributed by atoms with Crippen LogP contribution in [0.15, 0.2) is 0 Å². The molecule has 0 amide bonds. The van der Waals surface area contributed by atoms with Crippen molar-refractivity contribution in [1.29, 1.82) is 0 Å². The van der Waals surface area contributed by atoms with E-state index in [0.717, 1.165) is 0 Å². The number of ether oxygens (including phenoxy) is 1. The molecule has 0 radical (unpaired) electrons. The molecule has 17 heavy (non-hydrogen) atoms. The first-order chi connectivity index (χ1) is 7.77. The molecule has 0 aromatic carbocycles. The Morgan fingerprint density at radius 3 is 2.41 bits per heavy atom. The van der Waals surface area contributed by atoms with Gasteiger partial charge in [0.05, 0.1) is 12.4 Å². The van der Waals surface area contributed by atoms with Gasteiger partial charge in [-0.2, -0.15) is 0 Å². The van der Waals surface area contributed by atoms with Crippen LogP contribution in [0.25, 0.3) is 0 Å². The van der Waals surface area contributed by atoms with Gasteiger partial charge >= 0.3 is 0 Å². The first kappa shape index (κ1) is 16.8. The number of hydrogen-bond donors (Lipinski definition) is 2. The molecule has 104 valence electrons. The Hall–Kier alpha value is -0.170. The smallest absolute Gasteiger partial charge is 0.211 e. The van der Waals surface area contributed by atoms with E-state index in [1.54, 1.807) is 0 Å². The zero-order valence-corrected chi connectivity index (χ0v) is 12.0. The molecule has 0 heterocycles. The number of hydrogen-bond acceptors (Lipinski definition) is 4. The standard InChI is InChI=1S/C11H26N2O3S/c1-11(2,3)5-10-17(14,15)13-7-4-8-16-9-6-12/h13H,4-10,12H2,1-3H3. The summed E-state index contributed by atoms with van der Waals surface area (Å²) in [6, 6.07) is 0. The number of rotatable bonds is 9. The molecule has 0 aliphatic rings. The van der Waals surface area contributed by atoms with Crippen molar-refractivity contribution in [3.05, 3.63) is 0 Å². The van der Waals surface area contributed by atoms with Gasteiger partial charge in [-0.3, -0.25) is 0 Å². The SMILES string of the molecule is CC(C)(C)CCS(=O)(=O)NCCCOCCN. The summed E-state index contributed by atoms with van der Waals surface area (Å²) in [6.07, 6.45) is 1.33. The third-order valence-corrected chi connectivity index (χ3v) is 3.56. The Bertz CT molecular complexity index is 284. The second-order valence-electron chi connectivity index (χ2n) is 5.28. The highest BCUT2D eigenvalue weighted by Crippen LogP contribution is 2.18. The normalized spacial score (nSPS) is 12.9. The highest BCUT2D eigenvalue weighted by Gasteiger charge is 2.16. The molecular weight excluding hydrogens is 240 g/mol. The van der Waals surface area contributed by atoms with E-state index in [1.807, 2.05) is 20.8 Å². The summed E-state index contributed by atoms with van der Waals surface area (Å²) in [7, 11) is -3.14. The maximum atomic E-state index is 11.6. The zero-order valence-electron chi connectivity index (χ0n) is 11.2. The molecule has 0 unspecified atom stereocenters.